The lowest BCUT2D eigenvalue weighted by Gasteiger charge is -2.16. The van der Waals surface area contributed by atoms with Crippen molar-refractivity contribution in [3.8, 4) is 5.82 Å². The number of aromatic amines is 1. The molecule has 0 aliphatic rings. The first kappa shape index (κ1) is 17.2. The summed E-state index contributed by atoms with van der Waals surface area (Å²) in [5.74, 6) is -1.83. The van der Waals surface area contributed by atoms with E-state index in [4.69, 9.17) is 5.73 Å². The van der Waals surface area contributed by atoms with Gasteiger partial charge < -0.3 is 16.0 Å². The highest BCUT2D eigenvalue weighted by Gasteiger charge is 2.27. The van der Waals surface area contributed by atoms with Gasteiger partial charge in [0.2, 0.25) is 5.78 Å². The number of primary amides is 1. The van der Waals surface area contributed by atoms with Crippen molar-refractivity contribution in [2.24, 2.45) is 5.73 Å². The highest BCUT2D eigenvalue weighted by Crippen LogP contribution is 2.10. The third-order valence-electron chi connectivity index (χ3n) is 3.86. The standard InChI is InChI=1S/C18H17N5O3/c19-17(25)16(24)13(9-12-5-2-1-3-6-12)22-18(26)14-10-20-11-23(14)15-7-4-8-21-15/h1-8,10-11,13,21H,9H2,(H2,19,25)(H,22,26). The Balaban J connectivity index is 1.83. The molecule has 1 unspecified atom stereocenters. The van der Waals surface area contributed by atoms with E-state index >= 15 is 0 Å². The highest BCUT2D eigenvalue weighted by molar-refractivity contribution is 6.38. The molecule has 0 bridgehead atoms. The summed E-state index contributed by atoms with van der Waals surface area (Å²) in [6, 6.07) is 11.6. The van der Waals surface area contributed by atoms with Crippen LogP contribution in [0.3, 0.4) is 0 Å². The zero-order valence-electron chi connectivity index (χ0n) is 13.8. The molecule has 0 saturated carbocycles. The van der Waals surface area contributed by atoms with Crippen molar-refractivity contribution in [2.45, 2.75) is 12.5 Å². The van der Waals surface area contributed by atoms with E-state index in [1.807, 2.05) is 18.2 Å². The van der Waals surface area contributed by atoms with Crippen molar-refractivity contribution < 1.29 is 14.4 Å². The number of benzene rings is 1. The molecule has 0 saturated heterocycles. The van der Waals surface area contributed by atoms with E-state index in [0.29, 0.717) is 5.82 Å². The largest absolute Gasteiger partial charge is 0.363 e. The monoisotopic (exact) mass is 351 g/mol. The van der Waals surface area contributed by atoms with Crippen LogP contribution in [0.5, 0.6) is 0 Å². The number of H-pyrrole nitrogens is 1. The lowest BCUT2D eigenvalue weighted by molar-refractivity contribution is -0.137. The fourth-order valence-electron chi connectivity index (χ4n) is 2.59. The van der Waals surface area contributed by atoms with E-state index in [1.54, 1.807) is 35.0 Å². The zero-order valence-corrected chi connectivity index (χ0v) is 13.8. The maximum absolute atomic E-state index is 12.7. The molecule has 132 valence electrons. The number of imidazole rings is 1. The molecule has 8 heteroatoms. The van der Waals surface area contributed by atoms with Crippen LogP contribution in [0.4, 0.5) is 0 Å². The van der Waals surface area contributed by atoms with Crippen LogP contribution in [0.2, 0.25) is 0 Å². The van der Waals surface area contributed by atoms with Gasteiger partial charge in [0.15, 0.2) is 0 Å². The van der Waals surface area contributed by atoms with Gasteiger partial charge in [0.1, 0.15) is 23.9 Å². The topological polar surface area (TPSA) is 123 Å². The number of carbonyl (C=O) groups excluding carboxylic acids is 3. The normalized spacial score (nSPS) is 11.7. The van der Waals surface area contributed by atoms with Crippen LogP contribution < -0.4 is 11.1 Å². The fourth-order valence-corrected chi connectivity index (χ4v) is 2.59. The minimum atomic E-state index is -1.09. The number of nitrogens with zero attached hydrogens (tertiary/aromatic N) is 2. The van der Waals surface area contributed by atoms with E-state index in [1.165, 1.54) is 12.5 Å². The molecule has 3 aromatic rings. The first-order chi connectivity index (χ1) is 12.6. The lowest BCUT2D eigenvalue weighted by atomic mass is 10.0. The number of hydrogen-bond acceptors (Lipinski definition) is 4. The van der Waals surface area contributed by atoms with E-state index < -0.39 is 23.6 Å². The predicted molar refractivity (Wildman–Crippen MR) is 93.5 cm³/mol. The summed E-state index contributed by atoms with van der Waals surface area (Å²) in [6.07, 6.45) is 4.73. The van der Waals surface area contributed by atoms with Gasteiger partial charge in [-0.1, -0.05) is 30.3 Å². The first-order valence-corrected chi connectivity index (χ1v) is 7.91. The van der Waals surface area contributed by atoms with E-state index in [9.17, 15) is 14.4 Å². The minimum Gasteiger partial charge on any atom is -0.363 e. The minimum absolute atomic E-state index is 0.158. The average Bonchev–Trinajstić information content (AvgIpc) is 3.32. The summed E-state index contributed by atoms with van der Waals surface area (Å²) in [6.45, 7) is 0. The van der Waals surface area contributed by atoms with Crippen LogP contribution in [0, 0.1) is 0 Å². The second kappa shape index (κ2) is 7.47. The molecule has 2 heterocycles. The number of amides is 2. The number of nitrogens with one attached hydrogen (secondary N) is 2. The SMILES string of the molecule is NC(=O)C(=O)C(Cc1ccccc1)NC(=O)c1cncn1-c1ccc[nH]1. The van der Waals surface area contributed by atoms with E-state index in [0.717, 1.165) is 5.56 Å². The Morgan fingerprint density at radius 1 is 1.15 bits per heavy atom. The molecule has 26 heavy (non-hydrogen) atoms. The maximum Gasteiger partial charge on any atom is 0.287 e. The molecule has 1 atom stereocenters. The van der Waals surface area contributed by atoms with Gasteiger partial charge in [0.05, 0.1) is 6.20 Å². The van der Waals surface area contributed by atoms with Crippen molar-refractivity contribution >= 4 is 17.6 Å². The molecule has 0 spiro atoms. The molecule has 0 fully saturated rings. The Bertz CT molecular complexity index is 915. The first-order valence-electron chi connectivity index (χ1n) is 7.91. The molecule has 0 aliphatic heterocycles. The molecular weight excluding hydrogens is 334 g/mol. The number of rotatable bonds is 7. The Labute approximate surface area is 149 Å². The molecule has 0 radical (unpaired) electrons. The number of nitrogens with two attached hydrogens (primary N) is 1. The van der Waals surface area contributed by atoms with Crippen LogP contribution in [0.15, 0.2) is 61.2 Å². The van der Waals surface area contributed by atoms with Gasteiger partial charge in [-0.25, -0.2) is 4.98 Å². The van der Waals surface area contributed by atoms with Crippen LogP contribution in [-0.4, -0.2) is 38.2 Å². The molecule has 3 rings (SSSR count). The van der Waals surface area contributed by atoms with Gasteiger partial charge in [0, 0.05) is 12.6 Å². The number of aromatic nitrogens is 3. The van der Waals surface area contributed by atoms with Gasteiger partial charge in [-0.15, -0.1) is 0 Å². The molecule has 1 aromatic carbocycles. The van der Waals surface area contributed by atoms with E-state index in [-0.39, 0.29) is 12.1 Å². The number of hydrogen-bond donors (Lipinski definition) is 3. The third kappa shape index (κ3) is 3.69. The van der Waals surface area contributed by atoms with Gasteiger partial charge in [-0.05, 0) is 17.7 Å². The molecule has 2 amide bonds. The van der Waals surface area contributed by atoms with Gasteiger partial charge in [0.25, 0.3) is 11.8 Å². The van der Waals surface area contributed by atoms with Crippen LogP contribution in [0.25, 0.3) is 5.82 Å². The summed E-state index contributed by atoms with van der Waals surface area (Å²) in [5, 5.41) is 2.59. The van der Waals surface area contributed by atoms with Gasteiger partial charge in [-0.3, -0.25) is 19.0 Å². The van der Waals surface area contributed by atoms with Gasteiger partial charge in [-0.2, -0.15) is 0 Å². The van der Waals surface area contributed by atoms with E-state index in [2.05, 4.69) is 15.3 Å². The summed E-state index contributed by atoms with van der Waals surface area (Å²) in [5.41, 5.74) is 6.15. The lowest BCUT2D eigenvalue weighted by Crippen LogP contribution is -2.47. The fraction of sp³-hybridized carbons (Fsp3) is 0.111. The zero-order chi connectivity index (χ0) is 18.5. The smallest absolute Gasteiger partial charge is 0.287 e. The van der Waals surface area contributed by atoms with Crippen molar-refractivity contribution in [1.82, 2.24) is 19.9 Å². The Hall–Kier alpha value is -3.68. The van der Waals surface area contributed by atoms with Crippen molar-refractivity contribution in [3.05, 3.63) is 72.4 Å². The molecule has 8 nitrogen and oxygen atoms in total. The van der Waals surface area contributed by atoms with Crippen molar-refractivity contribution in [1.29, 1.82) is 0 Å². The van der Waals surface area contributed by atoms with Gasteiger partial charge >= 0.3 is 0 Å². The number of carbonyl (C=O) groups is 3. The van der Waals surface area contributed by atoms with Crippen LogP contribution in [0.1, 0.15) is 16.1 Å². The summed E-state index contributed by atoms with van der Waals surface area (Å²) in [7, 11) is 0. The predicted octanol–water partition coefficient (Wildman–Crippen LogP) is 0.596. The average molecular weight is 351 g/mol. The number of Topliss-reactive ketones (excluding diaryl/α,β-unsaturated/α-hetero) is 1. The number of ketones is 1. The Morgan fingerprint density at radius 2 is 1.92 bits per heavy atom. The van der Waals surface area contributed by atoms with Crippen molar-refractivity contribution in [3.63, 3.8) is 0 Å². The summed E-state index contributed by atoms with van der Waals surface area (Å²) >= 11 is 0. The Morgan fingerprint density at radius 3 is 2.58 bits per heavy atom. The summed E-state index contributed by atoms with van der Waals surface area (Å²) in [4.78, 5) is 43.1. The van der Waals surface area contributed by atoms with Crippen LogP contribution >= 0.6 is 0 Å². The maximum atomic E-state index is 12.7. The van der Waals surface area contributed by atoms with Crippen molar-refractivity contribution in [2.75, 3.05) is 0 Å². The second-order valence-corrected chi connectivity index (χ2v) is 5.65. The summed E-state index contributed by atoms with van der Waals surface area (Å²) < 4.78 is 1.55. The Kier molecular flexibility index (Phi) is 4.93. The molecular formula is C18H17N5O3. The molecule has 0 aliphatic carbocycles. The quantitative estimate of drug-likeness (QED) is 0.539. The molecule has 2 aromatic heterocycles. The second-order valence-electron chi connectivity index (χ2n) is 5.65. The highest BCUT2D eigenvalue weighted by atomic mass is 16.2. The molecule has 4 N–H and O–H groups in total. The van der Waals surface area contributed by atoms with Crippen LogP contribution in [-0.2, 0) is 16.0 Å². The third-order valence-corrected chi connectivity index (χ3v) is 3.86.